The lowest BCUT2D eigenvalue weighted by atomic mass is 9.96. The number of thiol groups is 1. The maximum atomic E-state index is 10.6. The van der Waals surface area contributed by atoms with E-state index in [1.807, 2.05) is 0 Å². The highest BCUT2D eigenvalue weighted by molar-refractivity contribution is 7.80. The Kier molecular flexibility index (Phi) is 3.91. The lowest BCUT2D eigenvalue weighted by molar-refractivity contribution is 0.449. The molecule has 0 heterocycles. The Balaban J connectivity index is 2.25. The van der Waals surface area contributed by atoms with E-state index in [9.17, 15) is 25.5 Å². The van der Waals surface area contributed by atoms with Crippen LogP contribution in [-0.2, 0) is 0 Å². The molecule has 0 aliphatic heterocycles. The molecule has 0 saturated carbocycles. The van der Waals surface area contributed by atoms with Crippen LogP contribution in [0.1, 0.15) is 0 Å². The van der Waals surface area contributed by atoms with Crippen LogP contribution in [0.5, 0.6) is 28.7 Å². The van der Waals surface area contributed by atoms with Crippen molar-refractivity contribution in [2.24, 2.45) is 0 Å². The zero-order valence-corrected chi connectivity index (χ0v) is 13.2. The highest BCUT2D eigenvalue weighted by atomic mass is 32.1. The van der Waals surface area contributed by atoms with Gasteiger partial charge in [0.1, 0.15) is 28.7 Å². The fourth-order valence-corrected chi connectivity index (χ4v) is 2.78. The molecule has 3 rings (SSSR count). The molecule has 0 aromatic heterocycles. The molecule has 24 heavy (non-hydrogen) atoms. The average molecular weight is 342 g/mol. The highest BCUT2D eigenvalue weighted by Gasteiger charge is 2.17. The summed E-state index contributed by atoms with van der Waals surface area (Å²) in [6, 6.07) is 11.2. The lowest BCUT2D eigenvalue weighted by Crippen LogP contribution is -1.87. The fraction of sp³-hybridized carbons (Fsp3) is 0. The largest absolute Gasteiger partial charge is 0.508 e. The Morgan fingerprint density at radius 2 is 0.958 bits per heavy atom. The SMILES string of the molecule is Oc1ccc(-c2cc(S)cc(-c3ccc(O)cc3O)c2O)c(O)c1. The van der Waals surface area contributed by atoms with Crippen molar-refractivity contribution in [2.75, 3.05) is 0 Å². The quantitative estimate of drug-likeness (QED) is 0.397. The first-order chi connectivity index (χ1) is 11.4. The van der Waals surface area contributed by atoms with Crippen LogP contribution in [0.4, 0.5) is 0 Å². The van der Waals surface area contributed by atoms with E-state index in [0.29, 0.717) is 27.1 Å². The van der Waals surface area contributed by atoms with Crippen molar-refractivity contribution in [3.05, 3.63) is 48.5 Å². The number of rotatable bonds is 2. The molecule has 0 amide bonds. The Labute approximate surface area is 143 Å². The topological polar surface area (TPSA) is 101 Å². The molecule has 122 valence electrons. The van der Waals surface area contributed by atoms with E-state index in [4.69, 9.17) is 0 Å². The summed E-state index contributed by atoms with van der Waals surface area (Å²) in [6.07, 6.45) is 0. The van der Waals surface area contributed by atoms with Crippen LogP contribution < -0.4 is 0 Å². The molecule has 3 aromatic carbocycles. The molecule has 5 nitrogen and oxygen atoms in total. The predicted octanol–water partition coefficient (Wildman–Crippen LogP) is 3.84. The summed E-state index contributed by atoms with van der Waals surface area (Å²) in [5, 5.41) is 49.5. The summed E-state index contributed by atoms with van der Waals surface area (Å²) in [5.41, 5.74) is 1.20. The van der Waals surface area contributed by atoms with Gasteiger partial charge in [0.05, 0.1) is 0 Å². The number of phenols is 5. The van der Waals surface area contributed by atoms with Crippen LogP contribution in [0.3, 0.4) is 0 Å². The van der Waals surface area contributed by atoms with Gasteiger partial charge in [-0.05, 0) is 36.4 Å². The molecule has 6 heteroatoms. The predicted molar refractivity (Wildman–Crippen MR) is 92.9 cm³/mol. The third-order valence-corrected chi connectivity index (χ3v) is 3.90. The van der Waals surface area contributed by atoms with E-state index in [2.05, 4.69) is 12.6 Å². The molecule has 0 saturated heterocycles. The van der Waals surface area contributed by atoms with Gasteiger partial charge in [0.15, 0.2) is 0 Å². The second-order valence-electron chi connectivity index (χ2n) is 5.29. The van der Waals surface area contributed by atoms with Gasteiger partial charge < -0.3 is 25.5 Å². The van der Waals surface area contributed by atoms with Crippen molar-refractivity contribution in [3.8, 4) is 51.0 Å². The summed E-state index contributed by atoms with van der Waals surface area (Å²) < 4.78 is 0. The minimum absolute atomic E-state index is 0.103. The van der Waals surface area contributed by atoms with Crippen molar-refractivity contribution in [3.63, 3.8) is 0 Å². The minimum atomic E-state index is -0.204. The summed E-state index contributed by atoms with van der Waals surface area (Å²) in [5.74, 6) is -0.784. The maximum absolute atomic E-state index is 10.6. The molecule has 0 aliphatic carbocycles. The van der Waals surface area contributed by atoms with Gasteiger partial charge in [0.2, 0.25) is 0 Å². The van der Waals surface area contributed by atoms with E-state index >= 15 is 0 Å². The molecule has 0 bridgehead atoms. The van der Waals surface area contributed by atoms with Gasteiger partial charge in [-0.3, -0.25) is 0 Å². The Morgan fingerprint density at radius 1 is 0.542 bits per heavy atom. The van der Waals surface area contributed by atoms with Crippen LogP contribution in [0.25, 0.3) is 22.3 Å². The number of hydrogen-bond donors (Lipinski definition) is 6. The number of hydrogen-bond acceptors (Lipinski definition) is 6. The third-order valence-electron chi connectivity index (χ3n) is 3.64. The highest BCUT2D eigenvalue weighted by Crippen LogP contribution is 2.45. The molecular formula is C18H14O5S. The molecule has 5 N–H and O–H groups in total. The second-order valence-corrected chi connectivity index (χ2v) is 5.81. The summed E-state index contributed by atoms with van der Waals surface area (Å²) in [6.45, 7) is 0. The average Bonchev–Trinajstić information content (AvgIpc) is 2.50. The van der Waals surface area contributed by atoms with Crippen LogP contribution in [0.2, 0.25) is 0 Å². The Hall–Kier alpha value is -2.99. The van der Waals surface area contributed by atoms with Gasteiger partial charge in [-0.15, -0.1) is 12.6 Å². The molecule has 0 atom stereocenters. The van der Waals surface area contributed by atoms with Crippen molar-refractivity contribution in [1.82, 2.24) is 0 Å². The second kappa shape index (κ2) is 5.90. The molecule has 0 fully saturated rings. The van der Waals surface area contributed by atoms with Gasteiger partial charge in [-0.2, -0.15) is 0 Å². The van der Waals surface area contributed by atoms with E-state index in [1.165, 1.54) is 24.3 Å². The Bertz CT molecular complexity index is 864. The molecule has 0 spiro atoms. The lowest BCUT2D eigenvalue weighted by Gasteiger charge is -2.14. The van der Waals surface area contributed by atoms with Crippen LogP contribution in [0, 0.1) is 0 Å². The van der Waals surface area contributed by atoms with E-state index in [1.54, 1.807) is 12.1 Å². The summed E-state index contributed by atoms with van der Waals surface area (Å²) >= 11 is 4.31. The van der Waals surface area contributed by atoms with Crippen LogP contribution in [-0.4, -0.2) is 25.5 Å². The summed E-state index contributed by atoms with van der Waals surface area (Å²) in [7, 11) is 0. The van der Waals surface area contributed by atoms with E-state index in [-0.39, 0.29) is 28.7 Å². The zero-order chi connectivity index (χ0) is 17.4. The standard InChI is InChI=1S/C18H14O5S/c19-9-1-3-12(16(21)5-9)14-7-11(24)8-15(18(14)23)13-4-2-10(20)6-17(13)22/h1-8,19-24H. The first kappa shape index (κ1) is 15.9. The van der Waals surface area contributed by atoms with Crippen molar-refractivity contribution >= 4 is 12.6 Å². The van der Waals surface area contributed by atoms with Gasteiger partial charge in [-0.25, -0.2) is 0 Å². The minimum Gasteiger partial charge on any atom is -0.508 e. The third kappa shape index (κ3) is 2.79. The molecule has 3 aromatic rings. The summed E-state index contributed by atoms with van der Waals surface area (Å²) in [4.78, 5) is 0.498. The molecular weight excluding hydrogens is 328 g/mol. The smallest absolute Gasteiger partial charge is 0.131 e. The first-order valence-corrected chi connectivity index (χ1v) is 7.42. The van der Waals surface area contributed by atoms with Gasteiger partial charge in [-0.1, -0.05) is 0 Å². The van der Waals surface area contributed by atoms with E-state index in [0.717, 1.165) is 12.1 Å². The number of benzene rings is 3. The maximum Gasteiger partial charge on any atom is 0.131 e. The van der Waals surface area contributed by atoms with Crippen LogP contribution in [0.15, 0.2) is 53.4 Å². The first-order valence-electron chi connectivity index (χ1n) is 6.97. The van der Waals surface area contributed by atoms with Crippen molar-refractivity contribution in [1.29, 1.82) is 0 Å². The van der Waals surface area contributed by atoms with Crippen LogP contribution >= 0.6 is 12.6 Å². The fourth-order valence-electron chi connectivity index (χ4n) is 2.53. The van der Waals surface area contributed by atoms with E-state index < -0.39 is 0 Å². The van der Waals surface area contributed by atoms with Gasteiger partial charge >= 0.3 is 0 Å². The van der Waals surface area contributed by atoms with Crippen molar-refractivity contribution in [2.45, 2.75) is 4.90 Å². The molecule has 0 radical (unpaired) electrons. The van der Waals surface area contributed by atoms with Gasteiger partial charge in [0.25, 0.3) is 0 Å². The zero-order valence-electron chi connectivity index (χ0n) is 12.3. The normalized spacial score (nSPS) is 10.7. The molecule has 0 aliphatic rings. The number of phenolic OH excluding ortho intramolecular Hbond substituents is 5. The van der Waals surface area contributed by atoms with Gasteiger partial charge in [0, 0.05) is 39.3 Å². The number of aromatic hydroxyl groups is 5. The Morgan fingerprint density at radius 3 is 1.33 bits per heavy atom. The van der Waals surface area contributed by atoms with Crippen molar-refractivity contribution < 1.29 is 25.5 Å². The monoisotopic (exact) mass is 342 g/mol. The molecule has 0 unspecified atom stereocenters.